The van der Waals surface area contributed by atoms with E-state index in [9.17, 15) is 4.79 Å². The van der Waals surface area contributed by atoms with Crippen LogP contribution >= 0.6 is 15.9 Å². The van der Waals surface area contributed by atoms with Gasteiger partial charge >= 0.3 is 0 Å². The van der Waals surface area contributed by atoms with Crippen molar-refractivity contribution in [3.05, 3.63) is 63.6 Å². The Kier molecular flexibility index (Phi) is 7.01. The van der Waals surface area contributed by atoms with Crippen molar-refractivity contribution in [3.8, 4) is 0 Å². The van der Waals surface area contributed by atoms with E-state index in [0.29, 0.717) is 24.6 Å². The standard InChI is InChI=1S/C19H23BrN4O/c1-13-4-9-17(12-14(13)2)24-19(21)23-11-3-10-22-18(25)15-5-7-16(20)8-6-15/h4-9,12H,3,10-11H2,1-2H3,(H,22,25)(H3,21,23,24). The zero-order valence-electron chi connectivity index (χ0n) is 14.5. The third kappa shape index (κ3) is 6.23. The molecule has 4 N–H and O–H groups in total. The third-order valence-electron chi connectivity index (χ3n) is 3.79. The lowest BCUT2D eigenvalue weighted by molar-refractivity contribution is 0.0953. The lowest BCUT2D eigenvalue weighted by Crippen LogP contribution is -2.26. The van der Waals surface area contributed by atoms with Gasteiger partial charge in [-0.3, -0.25) is 9.79 Å². The number of nitrogens with one attached hydrogen (secondary N) is 2. The van der Waals surface area contributed by atoms with Crippen molar-refractivity contribution in [3.63, 3.8) is 0 Å². The molecule has 0 spiro atoms. The second-order valence-corrected chi connectivity index (χ2v) is 6.72. The first-order chi connectivity index (χ1) is 12.0. The first-order valence-corrected chi connectivity index (χ1v) is 8.93. The second-order valence-electron chi connectivity index (χ2n) is 5.81. The van der Waals surface area contributed by atoms with Crippen LogP contribution in [0.3, 0.4) is 0 Å². The van der Waals surface area contributed by atoms with Crippen LogP contribution in [0.2, 0.25) is 0 Å². The lowest BCUT2D eigenvalue weighted by atomic mass is 10.1. The highest BCUT2D eigenvalue weighted by Crippen LogP contribution is 2.13. The van der Waals surface area contributed by atoms with E-state index in [1.54, 1.807) is 12.1 Å². The Bertz CT molecular complexity index is 757. The van der Waals surface area contributed by atoms with Crippen molar-refractivity contribution in [1.29, 1.82) is 0 Å². The Labute approximate surface area is 156 Å². The van der Waals surface area contributed by atoms with Gasteiger partial charge in [-0.25, -0.2) is 0 Å². The third-order valence-corrected chi connectivity index (χ3v) is 4.32. The Morgan fingerprint density at radius 3 is 2.52 bits per heavy atom. The number of nitrogens with two attached hydrogens (primary N) is 1. The molecule has 0 aliphatic rings. The molecule has 0 aliphatic carbocycles. The molecule has 0 unspecified atom stereocenters. The summed E-state index contributed by atoms with van der Waals surface area (Å²) in [6.07, 6.45) is 0.720. The van der Waals surface area contributed by atoms with Crippen LogP contribution in [0.4, 0.5) is 5.69 Å². The molecule has 0 aliphatic heterocycles. The fourth-order valence-electron chi connectivity index (χ4n) is 2.19. The Morgan fingerprint density at radius 2 is 1.84 bits per heavy atom. The quantitative estimate of drug-likeness (QED) is 0.392. The van der Waals surface area contributed by atoms with Crippen molar-refractivity contribution in [1.82, 2.24) is 5.32 Å². The number of guanidine groups is 1. The van der Waals surface area contributed by atoms with Gasteiger partial charge in [0, 0.05) is 28.8 Å². The van der Waals surface area contributed by atoms with Crippen LogP contribution < -0.4 is 16.4 Å². The monoisotopic (exact) mass is 402 g/mol. The van der Waals surface area contributed by atoms with Crippen molar-refractivity contribution in [2.24, 2.45) is 10.7 Å². The van der Waals surface area contributed by atoms with Gasteiger partial charge in [0.25, 0.3) is 5.91 Å². The first-order valence-electron chi connectivity index (χ1n) is 8.13. The highest BCUT2D eigenvalue weighted by atomic mass is 79.9. The van der Waals surface area contributed by atoms with Crippen molar-refractivity contribution in [2.45, 2.75) is 20.3 Å². The molecule has 0 atom stereocenters. The zero-order valence-corrected chi connectivity index (χ0v) is 16.1. The lowest BCUT2D eigenvalue weighted by Gasteiger charge is -2.08. The highest BCUT2D eigenvalue weighted by Gasteiger charge is 2.03. The fraction of sp³-hybridized carbons (Fsp3) is 0.263. The largest absolute Gasteiger partial charge is 0.370 e. The minimum atomic E-state index is -0.0855. The average molecular weight is 403 g/mol. The van der Waals surface area contributed by atoms with Crippen LogP contribution in [0, 0.1) is 13.8 Å². The summed E-state index contributed by atoms with van der Waals surface area (Å²) in [6, 6.07) is 13.3. The van der Waals surface area contributed by atoms with Crippen LogP contribution in [0.25, 0.3) is 0 Å². The van der Waals surface area contributed by atoms with E-state index in [1.807, 2.05) is 30.3 Å². The van der Waals surface area contributed by atoms with Gasteiger partial charge < -0.3 is 16.4 Å². The number of carbonyl (C=O) groups is 1. The van der Waals surface area contributed by atoms with Gasteiger partial charge in [-0.1, -0.05) is 22.0 Å². The van der Waals surface area contributed by atoms with Gasteiger partial charge in [-0.2, -0.15) is 0 Å². The van der Waals surface area contributed by atoms with Crippen molar-refractivity contribution in [2.75, 3.05) is 18.4 Å². The van der Waals surface area contributed by atoms with E-state index < -0.39 is 0 Å². The predicted octanol–water partition coefficient (Wildman–Crippen LogP) is 3.61. The molecule has 2 rings (SSSR count). The number of rotatable bonds is 6. The molecule has 0 radical (unpaired) electrons. The number of nitrogens with zero attached hydrogens (tertiary/aromatic N) is 1. The van der Waals surface area contributed by atoms with E-state index in [4.69, 9.17) is 5.73 Å². The molecule has 6 heteroatoms. The predicted molar refractivity (Wildman–Crippen MR) is 107 cm³/mol. The number of aryl methyl sites for hydroxylation is 2. The number of amides is 1. The molecule has 5 nitrogen and oxygen atoms in total. The molecule has 132 valence electrons. The van der Waals surface area contributed by atoms with Gasteiger partial charge in [0.05, 0.1) is 0 Å². The van der Waals surface area contributed by atoms with E-state index >= 15 is 0 Å². The first kappa shape index (κ1) is 19.0. The number of anilines is 1. The molecular weight excluding hydrogens is 380 g/mol. The minimum Gasteiger partial charge on any atom is -0.370 e. The molecule has 1 amide bonds. The molecule has 2 aromatic rings. The van der Waals surface area contributed by atoms with Crippen LogP contribution in [-0.2, 0) is 0 Å². The van der Waals surface area contributed by atoms with Crippen LogP contribution in [0.15, 0.2) is 51.9 Å². The SMILES string of the molecule is Cc1ccc(NC(N)=NCCCNC(=O)c2ccc(Br)cc2)cc1C. The summed E-state index contributed by atoms with van der Waals surface area (Å²) < 4.78 is 0.949. The second kappa shape index (κ2) is 9.22. The van der Waals surface area contributed by atoms with Gasteiger partial charge in [-0.15, -0.1) is 0 Å². The van der Waals surface area contributed by atoms with Gasteiger partial charge in [0.2, 0.25) is 0 Å². The van der Waals surface area contributed by atoms with Crippen LogP contribution in [0.5, 0.6) is 0 Å². The molecule has 0 saturated carbocycles. The maximum absolute atomic E-state index is 12.0. The summed E-state index contributed by atoms with van der Waals surface area (Å²) >= 11 is 3.35. The smallest absolute Gasteiger partial charge is 0.251 e. The molecule has 0 heterocycles. The summed E-state index contributed by atoms with van der Waals surface area (Å²) in [5.74, 6) is 0.292. The molecule has 0 aromatic heterocycles. The number of benzene rings is 2. The number of halogens is 1. The molecule has 25 heavy (non-hydrogen) atoms. The topological polar surface area (TPSA) is 79.5 Å². The van der Waals surface area contributed by atoms with Gasteiger partial charge in [0.1, 0.15) is 0 Å². The van der Waals surface area contributed by atoms with E-state index in [2.05, 4.69) is 45.4 Å². The van der Waals surface area contributed by atoms with E-state index in [0.717, 1.165) is 16.6 Å². The van der Waals surface area contributed by atoms with Gasteiger partial charge in [-0.05, 0) is 67.8 Å². The Balaban J connectivity index is 1.72. The maximum Gasteiger partial charge on any atom is 0.251 e. The summed E-state index contributed by atoms with van der Waals surface area (Å²) in [5, 5.41) is 5.95. The normalized spacial score (nSPS) is 11.2. The number of hydrogen-bond donors (Lipinski definition) is 3. The average Bonchev–Trinajstić information content (AvgIpc) is 2.58. The zero-order chi connectivity index (χ0) is 18.2. The van der Waals surface area contributed by atoms with Crippen molar-refractivity contribution < 1.29 is 4.79 Å². The summed E-state index contributed by atoms with van der Waals surface area (Å²) in [5.41, 5.74) is 9.89. The summed E-state index contributed by atoms with van der Waals surface area (Å²) in [4.78, 5) is 16.2. The maximum atomic E-state index is 12.0. The van der Waals surface area contributed by atoms with Crippen LogP contribution in [0.1, 0.15) is 27.9 Å². The molecule has 0 fully saturated rings. The molecule has 0 bridgehead atoms. The van der Waals surface area contributed by atoms with Gasteiger partial charge in [0.15, 0.2) is 5.96 Å². The number of aliphatic imine (C=N–C) groups is 1. The van der Waals surface area contributed by atoms with E-state index in [-0.39, 0.29) is 5.91 Å². The molecule has 0 saturated heterocycles. The molecule has 2 aromatic carbocycles. The highest BCUT2D eigenvalue weighted by molar-refractivity contribution is 9.10. The van der Waals surface area contributed by atoms with Crippen molar-refractivity contribution >= 4 is 33.5 Å². The van der Waals surface area contributed by atoms with E-state index in [1.165, 1.54) is 11.1 Å². The molecular formula is C19H23BrN4O. The summed E-state index contributed by atoms with van der Waals surface area (Å²) in [7, 11) is 0. The Hall–Kier alpha value is -2.34. The fourth-order valence-corrected chi connectivity index (χ4v) is 2.45. The number of hydrogen-bond acceptors (Lipinski definition) is 2. The number of carbonyl (C=O) groups excluding carboxylic acids is 1. The Morgan fingerprint density at radius 1 is 1.12 bits per heavy atom. The summed E-state index contributed by atoms with van der Waals surface area (Å²) in [6.45, 7) is 5.22. The van der Waals surface area contributed by atoms with Crippen LogP contribution in [-0.4, -0.2) is 25.0 Å². The minimum absolute atomic E-state index is 0.0855.